The number of aromatic nitrogens is 2. The van der Waals surface area contributed by atoms with Gasteiger partial charge in [0.1, 0.15) is 0 Å². The molecule has 3 N–H and O–H groups in total. The highest BCUT2D eigenvalue weighted by Gasteiger charge is 2.45. The van der Waals surface area contributed by atoms with Crippen LogP contribution in [0.25, 0.3) is 0 Å². The maximum absolute atomic E-state index is 14.4. The Morgan fingerprint density at radius 2 is 0.938 bits per heavy atom. The van der Waals surface area contributed by atoms with Gasteiger partial charge in [0.25, 0.3) is 35.4 Å². The standard InChI is InChI=1S/C39H45N5O5.C36H39N5O6/c1-25-23-31(26(2)41-25)37(45)40-18-10-15-32(29-16-17-34(48-4)35(24-29)49-5)44-38(46)30-13-9-14-33(36(30)39(44)47)43-21-19-42(20-22-43)27(3)28-11-7-6-8-12-28;1-24(25-9-5-4-6-10-25)39-19-21-40(22-20-39)29-12-7-11-27-33(29)36(44)41(35(27)43)28(26-14-15-30(45-2)32(23-26)46-3)13-8-17-37-34(42)31-16-18-38-47-31/h6-9,11-14,16-17,23-24,27,32,41H,10,15,18-22H2,1-5H3,(H,40,45);4-7,9-12,14-16,18,23-24,28H,8,13,17,19-22H2,1-3H3,(H,37,42)/t27-,32-;24-,28-/m11/s1. The summed E-state index contributed by atoms with van der Waals surface area (Å²) in [6.07, 6.45) is 3.28. The van der Waals surface area contributed by atoms with Crippen LogP contribution in [-0.2, 0) is 0 Å². The van der Waals surface area contributed by atoms with Gasteiger partial charge in [-0.15, -0.1) is 0 Å². The van der Waals surface area contributed by atoms with Crippen molar-refractivity contribution in [2.45, 2.75) is 77.5 Å². The second kappa shape index (κ2) is 30.4. The summed E-state index contributed by atoms with van der Waals surface area (Å²) in [6.45, 7) is 15.2. The van der Waals surface area contributed by atoms with Crippen molar-refractivity contribution in [2.24, 2.45) is 0 Å². The number of rotatable bonds is 24. The summed E-state index contributed by atoms with van der Waals surface area (Å²) in [5.41, 5.74) is 9.65. The van der Waals surface area contributed by atoms with Crippen LogP contribution in [0.4, 0.5) is 11.4 Å². The molecule has 0 saturated carbocycles. The predicted molar refractivity (Wildman–Crippen MR) is 366 cm³/mol. The van der Waals surface area contributed by atoms with Gasteiger partial charge in [0.15, 0.2) is 23.0 Å². The lowest BCUT2D eigenvalue weighted by Crippen LogP contribution is -2.47. The number of carbonyl (C=O) groups is 6. The average molecular weight is 1300 g/mol. The number of hydrogen-bond acceptors (Lipinski definition) is 16. The van der Waals surface area contributed by atoms with Crippen molar-refractivity contribution in [3.63, 3.8) is 0 Å². The normalized spacial score (nSPS) is 16.1. The number of H-pyrrole nitrogens is 1. The molecule has 4 aliphatic heterocycles. The maximum atomic E-state index is 14.4. The number of methoxy groups -OCH3 is 4. The summed E-state index contributed by atoms with van der Waals surface area (Å²) in [7, 11) is 6.23. The number of nitrogens with zero attached hydrogens (tertiary/aromatic N) is 7. The Kier molecular flexibility index (Phi) is 21.3. The Morgan fingerprint density at radius 1 is 0.500 bits per heavy atom. The van der Waals surface area contributed by atoms with E-state index in [1.54, 1.807) is 58.8 Å². The van der Waals surface area contributed by atoms with Crippen LogP contribution in [0.5, 0.6) is 23.0 Å². The minimum atomic E-state index is -0.610. The lowest BCUT2D eigenvalue weighted by molar-refractivity contribution is 0.0556. The summed E-state index contributed by atoms with van der Waals surface area (Å²) in [5, 5.41) is 9.40. The molecule has 96 heavy (non-hydrogen) atoms. The molecule has 21 nitrogen and oxygen atoms in total. The van der Waals surface area contributed by atoms with E-state index in [1.807, 2.05) is 74.5 Å². The Hall–Kier alpha value is -10.3. The van der Waals surface area contributed by atoms with Gasteiger partial charge in [-0.2, -0.15) is 0 Å². The van der Waals surface area contributed by atoms with Gasteiger partial charge >= 0.3 is 0 Å². The number of aromatic amines is 1. The Balaban J connectivity index is 0.000000195. The zero-order valence-corrected chi connectivity index (χ0v) is 55.8. The van der Waals surface area contributed by atoms with Gasteiger partial charge in [-0.25, -0.2) is 0 Å². The molecular formula is C75H84N10O11. The smallest absolute Gasteiger partial charge is 0.289 e. The van der Waals surface area contributed by atoms with E-state index in [-0.39, 0.29) is 53.3 Å². The SMILES string of the molecule is COc1ccc([C@@H](CCCNC(=O)c2cc(C)[nH]c2C)N2C(=O)c3cccc(N4CCN([C@H](C)c5ccccc5)CC4)c3C2=O)cc1OC.COc1ccc([C@@H](CCCNC(=O)c2ccno2)N2C(=O)c3cccc(N4CCN([C@H](C)c5ccccc5)CC4)c3C2=O)cc1OC. The molecular weight excluding hydrogens is 1220 g/mol. The molecule has 12 rings (SSSR count). The molecule has 2 aromatic heterocycles. The van der Waals surface area contributed by atoms with Crippen molar-refractivity contribution in [1.29, 1.82) is 0 Å². The van der Waals surface area contributed by atoms with E-state index in [2.05, 4.69) is 103 Å². The van der Waals surface area contributed by atoms with Gasteiger partial charge in [0, 0.05) is 95.0 Å². The lowest BCUT2D eigenvalue weighted by Gasteiger charge is -2.39. The number of ether oxygens (including phenoxy) is 4. The molecule has 0 aliphatic carbocycles. The predicted octanol–water partition coefficient (Wildman–Crippen LogP) is 11.2. The van der Waals surface area contributed by atoms with E-state index >= 15 is 0 Å². The number of fused-ring (bicyclic) bond motifs is 2. The topological polar surface area (TPSA) is 225 Å². The Morgan fingerprint density at radius 3 is 1.33 bits per heavy atom. The fourth-order valence-electron chi connectivity index (χ4n) is 13.7. The third kappa shape index (κ3) is 14.2. The minimum Gasteiger partial charge on any atom is -0.493 e. The van der Waals surface area contributed by atoms with E-state index in [4.69, 9.17) is 23.5 Å². The Bertz CT molecular complexity index is 4070. The summed E-state index contributed by atoms with van der Waals surface area (Å²) >= 11 is 0. The summed E-state index contributed by atoms with van der Waals surface area (Å²) in [4.78, 5) is 97.5. The third-order valence-electron chi connectivity index (χ3n) is 19.0. The van der Waals surface area contributed by atoms with Crippen molar-refractivity contribution in [1.82, 2.24) is 40.4 Å². The van der Waals surface area contributed by atoms with Crippen LogP contribution < -0.4 is 39.4 Å². The molecule has 6 heterocycles. The fraction of sp³-hybridized carbons (Fsp3) is 0.347. The third-order valence-corrected chi connectivity index (χ3v) is 19.0. The highest BCUT2D eigenvalue weighted by Crippen LogP contribution is 2.43. The molecule has 0 bridgehead atoms. The molecule has 0 unspecified atom stereocenters. The van der Waals surface area contributed by atoms with E-state index in [0.29, 0.717) is 89.6 Å². The highest BCUT2D eigenvalue weighted by molar-refractivity contribution is 6.25. The molecule has 2 fully saturated rings. The number of nitrogens with one attached hydrogen (secondary N) is 3. The largest absolute Gasteiger partial charge is 0.493 e. The number of anilines is 2. The van der Waals surface area contributed by atoms with Gasteiger partial charge in [-0.1, -0.05) is 90.1 Å². The van der Waals surface area contributed by atoms with Crippen molar-refractivity contribution >= 4 is 46.8 Å². The fourth-order valence-corrected chi connectivity index (χ4v) is 13.7. The quantitative estimate of drug-likeness (QED) is 0.0378. The lowest BCUT2D eigenvalue weighted by atomic mass is 9.99. The molecule has 6 amide bonds. The van der Waals surface area contributed by atoms with Crippen LogP contribution >= 0.6 is 0 Å². The average Bonchev–Trinajstić information content (AvgIpc) is 1.60. The molecule has 2 saturated heterocycles. The molecule has 8 aromatic rings. The molecule has 500 valence electrons. The van der Waals surface area contributed by atoms with Gasteiger partial charge in [-0.05, 0) is 130 Å². The molecule has 21 heteroatoms. The number of imide groups is 2. The van der Waals surface area contributed by atoms with Gasteiger partial charge < -0.3 is 48.9 Å². The first-order valence-electron chi connectivity index (χ1n) is 32.8. The maximum Gasteiger partial charge on any atom is 0.289 e. The number of aryl methyl sites for hydroxylation is 2. The summed E-state index contributed by atoms with van der Waals surface area (Å²) in [5.74, 6) is 0.384. The first kappa shape index (κ1) is 67.2. The monoisotopic (exact) mass is 1300 g/mol. The van der Waals surface area contributed by atoms with Crippen LogP contribution in [-0.4, -0.2) is 159 Å². The zero-order valence-electron chi connectivity index (χ0n) is 55.8. The summed E-state index contributed by atoms with van der Waals surface area (Å²) in [6, 6.07) is 45.6. The molecule has 4 aliphatic rings. The van der Waals surface area contributed by atoms with E-state index in [9.17, 15) is 28.8 Å². The molecule has 0 radical (unpaired) electrons. The van der Waals surface area contributed by atoms with Crippen molar-refractivity contribution in [3.8, 4) is 23.0 Å². The zero-order chi connectivity index (χ0) is 67.6. The molecule has 6 aromatic carbocycles. The van der Waals surface area contributed by atoms with Gasteiger partial charge in [-0.3, -0.25) is 48.4 Å². The first-order valence-corrected chi connectivity index (χ1v) is 32.8. The van der Waals surface area contributed by atoms with E-state index < -0.39 is 12.1 Å². The number of benzene rings is 6. The number of piperazine rings is 2. The van der Waals surface area contributed by atoms with Crippen molar-refractivity contribution in [2.75, 3.05) is 104 Å². The number of carbonyl (C=O) groups excluding carboxylic acids is 6. The molecule has 0 spiro atoms. The second-order valence-electron chi connectivity index (χ2n) is 24.5. The second-order valence-corrected chi connectivity index (χ2v) is 24.5. The van der Waals surface area contributed by atoms with Crippen LogP contribution in [0, 0.1) is 13.8 Å². The minimum absolute atomic E-state index is 0.115. The van der Waals surface area contributed by atoms with Gasteiger partial charge in [0.2, 0.25) is 5.76 Å². The van der Waals surface area contributed by atoms with Crippen LogP contribution in [0.1, 0.15) is 160 Å². The number of hydrogen-bond donors (Lipinski definition) is 3. The van der Waals surface area contributed by atoms with Crippen LogP contribution in [0.3, 0.4) is 0 Å². The molecule has 4 atom stereocenters. The van der Waals surface area contributed by atoms with Crippen molar-refractivity contribution in [3.05, 3.63) is 219 Å². The van der Waals surface area contributed by atoms with Gasteiger partial charge in [0.05, 0.1) is 85.9 Å². The highest BCUT2D eigenvalue weighted by atomic mass is 16.5. The van der Waals surface area contributed by atoms with Crippen LogP contribution in [0.15, 0.2) is 156 Å². The van der Waals surface area contributed by atoms with E-state index in [1.165, 1.54) is 33.2 Å². The number of amides is 6. The first-order chi connectivity index (χ1) is 46.6. The van der Waals surface area contributed by atoms with Crippen molar-refractivity contribution < 1.29 is 52.2 Å². The Labute approximate surface area is 560 Å². The van der Waals surface area contributed by atoms with E-state index in [0.717, 1.165) is 86.2 Å². The van der Waals surface area contributed by atoms with Crippen LogP contribution in [0.2, 0.25) is 0 Å². The summed E-state index contributed by atoms with van der Waals surface area (Å²) < 4.78 is 27.0.